The molecular weight excluding hydrogens is 1880 g/mol. The number of carboxylic acids is 3. The summed E-state index contributed by atoms with van der Waals surface area (Å²) in [6, 6.07) is -7.22. The van der Waals surface area contributed by atoms with Gasteiger partial charge in [0.05, 0.1) is 48.9 Å². The van der Waals surface area contributed by atoms with Gasteiger partial charge in [-0.05, 0) is 125 Å². The van der Waals surface area contributed by atoms with E-state index in [1.54, 1.807) is 32.0 Å². The fourth-order valence-electron chi connectivity index (χ4n) is 13.9. The Morgan fingerprint density at radius 3 is 1.35 bits per heavy atom. The molecule has 4 rings (SSSR count). The van der Waals surface area contributed by atoms with Crippen LogP contribution in [0.25, 0.3) is 11.0 Å². The van der Waals surface area contributed by atoms with Gasteiger partial charge in [-0.3, -0.25) is 123 Å². The molecule has 0 saturated carbocycles. The first-order valence-corrected chi connectivity index (χ1v) is 44.7. The molecule has 0 spiro atoms. The van der Waals surface area contributed by atoms with Crippen LogP contribution < -0.4 is 129 Å². The highest BCUT2D eigenvalue weighted by molar-refractivity contribution is 6.02. The number of fused-ring (bicyclic) bond motifs is 1. The molecule has 34 N–H and O–H groups in total. The Kier molecular flexibility index (Phi) is 49.4. The van der Waals surface area contributed by atoms with Crippen molar-refractivity contribution in [2.24, 2.45) is 40.5 Å². The van der Waals surface area contributed by atoms with Gasteiger partial charge in [-0.15, -0.1) is 0 Å². The normalized spacial score (nSPS) is 13.7. The Morgan fingerprint density at radius 2 is 0.880 bits per heavy atom. The summed E-state index contributed by atoms with van der Waals surface area (Å²) in [5, 5.41) is 128. The van der Waals surface area contributed by atoms with Crippen LogP contribution in [0.4, 0.5) is 17.1 Å². The number of nitro groups is 2. The van der Waals surface area contributed by atoms with Gasteiger partial charge in [0.25, 0.3) is 11.4 Å². The lowest BCUT2D eigenvalue weighted by molar-refractivity contribution is -0.393. The van der Waals surface area contributed by atoms with Crippen LogP contribution >= 0.6 is 0 Å². The maximum atomic E-state index is 15.1. The molecule has 56 nitrogen and oxygen atoms in total. The summed E-state index contributed by atoms with van der Waals surface area (Å²) in [5.41, 5.74) is 25.9. The highest BCUT2D eigenvalue weighted by Crippen LogP contribution is 2.30. The van der Waals surface area contributed by atoms with Gasteiger partial charge >= 0.3 is 23.5 Å². The summed E-state index contributed by atoms with van der Waals surface area (Å²) >= 11 is 0. The molecule has 4 aromatic rings. The van der Waals surface area contributed by atoms with Crippen LogP contribution in [0, 0.1) is 48.3 Å². The molecule has 778 valence electrons. The number of ether oxygens (including phenoxy) is 1. The first-order chi connectivity index (χ1) is 66.9. The molecule has 142 heavy (non-hydrogen) atoms. The van der Waals surface area contributed by atoms with Gasteiger partial charge in [0.2, 0.25) is 88.6 Å². The van der Waals surface area contributed by atoms with Crippen LogP contribution in [0.2, 0.25) is 0 Å². The summed E-state index contributed by atoms with van der Waals surface area (Å²) in [6.07, 6.45) is -7.63. The fraction of sp³-hybridized carbons (Fsp3) is 0.512. The Hall–Kier alpha value is -16.5. The number of carbonyl (C=O) groups excluding carboxylic acids is 15. The lowest BCUT2D eigenvalue weighted by atomic mass is 10.00. The van der Waals surface area contributed by atoms with Crippen molar-refractivity contribution in [3.05, 3.63) is 115 Å². The van der Waals surface area contributed by atoms with Crippen LogP contribution in [-0.2, 0) is 99.1 Å². The third kappa shape index (κ3) is 42.6. The van der Waals surface area contributed by atoms with Gasteiger partial charge in [0, 0.05) is 69.0 Å². The Morgan fingerprint density at radius 1 is 0.444 bits per heavy atom. The van der Waals surface area contributed by atoms with Crippen molar-refractivity contribution < 1.29 is 126 Å². The van der Waals surface area contributed by atoms with Crippen LogP contribution in [-0.4, -0.2) is 273 Å². The largest absolute Gasteiger partial charge is 0.497 e. The zero-order valence-corrected chi connectivity index (χ0v) is 78.6. The number of carboxylic acid groups (broad SMARTS) is 3. The number of aliphatic hydroxyl groups is 1. The number of primary amides is 2. The van der Waals surface area contributed by atoms with Crippen molar-refractivity contribution in [3.63, 3.8) is 0 Å². The van der Waals surface area contributed by atoms with E-state index in [0.29, 0.717) is 16.7 Å². The predicted octanol–water partition coefficient (Wildman–Crippen LogP) is -5.94. The van der Waals surface area contributed by atoms with Gasteiger partial charge in [0.15, 0.2) is 17.9 Å². The zero-order valence-electron chi connectivity index (χ0n) is 78.6. The van der Waals surface area contributed by atoms with Gasteiger partial charge < -0.3 is 149 Å². The maximum absolute atomic E-state index is 15.1. The standard InChI is InChI=1S/C86H125N27O29/c1-42(2)33-57(107-81(134)59(39-64(87)115)110-83(136)70(43(3)4)111-77(130)56(26-28-67(119)120)106-82(135)61(41-114)100-65(116)35-46-36-69(123)142-63-38-48(141-6)22-23-49(46)63)79(132)109-60(40-68(121)122)78(131)99-44(5)72(125)102-55(25-27-66(117)118)76(129)108-58(34-45-15-8-7-9-16-45)80(133)105-54(20-14-32-98-86(93)94)75(128)103-52(17-10-11-29-95-50-24-21-47(112(137)138)37-62(50)113(139)140)74(127)104-53(19-13-31-97-85(91)92)73(126)101-51(71(88)124)18-12-30-96-84(89)90/h7-9,15-16,21-24,36-38,42-44,51-61,70,95,114H,10-14,17-20,25-35,39-41H2,1-6H3,(H2,87,115)(H2,88,124)(H,99,131)(H,100,116)(H,101,126)(H,102,125)(H,103,128)(H,104,127)(H,105,133)(H,106,135)(H,107,134)(H,108,129)(H,109,132)(H,110,136)(H,111,130)(H,117,118)(H,119,120)(H,121,122)(H4,89,90,96)(H4,91,92,97)(H4,93,94,98). The third-order valence-corrected chi connectivity index (χ3v) is 21.2. The van der Waals surface area contributed by atoms with E-state index >= 15 is 9.59 Å². The average molecular weight is 2000 g/mol. The molecule has 56 heteroatoms. The van der Waals surface area contributed by atoms with Crippen LogP contribution in [0.1, 0.15) is 148 Å². The highest BCUT2D eigenvalue weighted by atomic mass is 16.6. The number of methoxy groups -OCH3 is 1. The molecule has 0 radical (unpaired) electrons. The number of aliphatic hydroxyl groups excluding tert-OH is 1. The summed E-state index contributed by atoms with van der Waals surface area (Å²) in [5.74, 6) is -25.0. The minimum Gasteiger partial charge on any atom is -0.497 e. The Balaban J connectivity index is 1.64. The van der Waals surface area contributed by atoms with Crippen LogP contribution in [0.5, 0.6) is 5.75 Å². The van der Waals surface area contributed by atoms with Gasteiger partial charge in [-0.25, -0.2) is 4.79 Å². The predicted molar refractivity (Wildman–Crippen MR) is 504 cm³/mol. The van der Waals surface area contributed by atoms with Gasteiger partial charge in [-0.2, -0.15) is 0 Å². The second-order valence-electron chi connectivity index (χ2n) is 33.4. The number of nitrogens with two attached hydrogens (primary N) is 5. The van der Waals surface area contributed by atoms with E-state index in [9.17, 15) is 122 Å². The number of nitro benzene ring substituents is 2. The zero-order chi connectivity index (χ0) is 106. The molecule has 13 unspecified atom stereocenters. The molecule has 0 saturated heterocycles. The number of guanidine groups is 3. The molecule has 1 aromatic heterocycles. The molecular formula is C86H125N27O29. The number of aliphatic carboxylic acids is 3. The van der Waals surface area contributed by atoms with E-state index in [0.717, 1.165) is 31.2 Å². The molecule has 0 aliphatic heterocycles. The van der Waals surface area contributed by atoms with E-state index in [4.69, 9.17) is 54.1 Å². The van der Waals surface area contributed by atoms with E-state index < -0.39 is 300 Å². The molecule has 0 bridgehead atoms. The molecule has 15 amide bonds. The monoisotopic (exact) mass is 2000 g/mol. The minimum absolute atomic E-state index is 0.0138. The van der Waals surface area contributed by atoms with Crippen molar-refractivity contribution in [1.29, 1.82) is 16.2 Å². The fourth-order valence-corrected chi connectivity index (χ4v) is 13.9. The number of unbranched alkanes of at least 4 members (excludes halogenated alkanes) is 1. The van der Waals surface area contributed by atoms with Crippen molar-refractivity contribution in [1.82, 2.24) is 85.1 Å². The maximum Gasteiger partial charge on any atom is 0.336 e. The molecule has 0 fully saturated rings. The summed E-state index contributed by atoms with van der Waals surface area (Å²) in [4.78, 5) is 283. The summed E-state index contributed by atoms with van der Waals surface area (Å²) < 4.78 is 10.4. The summed E-state index contributed by atoms with van der Waals surface area (Å²) in [7, 11) is 1.36. The molecule has 13 atom stereocenters. The van der Waals surface area contributed by atoms with E-state index in [-0.39, 0.29) is 107 Å². The number of hydrogen-bond donors (Lipinski definition) is 29. The van der Waals surface area contributed by atoms with Gasteiger partial charge in [0.1, 0.15) is 95.6 Å². The Bertz CT molecular complexity index is 5260. The first-order valence-electron chi connectivity index (χ1n) is 44.7. The Labute approximate surface area is 811 Å². The number of non-ortho nitro benzene ring substituents is 1. The lowest BCUT2D eigenvalue weighted by Gasteiger charge is -2.29. The number of nitrogens with zero attached hydrogens (tertiary/aromatic N) is 2. The van der Waals surface area contributed by atoms with E-state index in [1.807, 2.05) is 0 Å². The summed E-state index contributed by atoms with van der Waals surface area (Å²) in [6.45, 7) is 5.62. The van der Waals surface area contributed by atoms with E-state index in [1.165, 1.54) is 51.3 Å². The highest BCUT2D eigenvalue weighted by Gasteiger charge is 2.40. The van der Waals surface area contributed by atoms with Crippen LogP contribution in [0.3, 0.4) is 0 Å². The first kappa shape index (κ1) is 118. The number of carbonyl (C=O) groups is 18. The number of rotatable bonds is 65. The second-order valence-corrected chi connectivity index (χ2v) is 33.4. The number of amides is 15. The average Bonchev–Trinajstić information content (AvgIpc) is 0.799. The smallest absolute Gasteiger partial charge is 0.336 e. The van der Waals surface area contributed by atoms with Gasteiger partial charge in [-0.1, -0.05) is 58.0 Å². The van der Waals surface area contributed by atoms with Crippen molar-refractivity contribution in [2.45, 2.75) is 229 Å². The number of nitrogens with one attached hydrogen (secondary N) is 20. The van der Waals surface area contributed by atoms with E-state index in [2.05, 4.69) is 90.4 Å². The molecule has 0 aliphatic rings. The molecule has 1 heterocycles. The topological polar surface area (TPSA) is 920 Å². The van der Waals surface area contributed by atoms with Crippen molar-refractivity contribution in [3.8, 4) is 5.75 Å². The number of hydrogen-bond acceptors (Lipinski definition) is 30. The second kappa shape index (κ2) is 59.6. The quantitative estimate of drug-likeness (QED) is 0.00489. The lowest BCUT2D eigenvalue weighted by Crippen LogP contribution is -2.61. The molecule has 0 aliphatic carbocycles. The SMILES string of the molecule is COc1ccc2c(CC(=O)NC(CO)C(=O)NC(CCC(=O)O)C(=O)NC(C(=O)NC(CC(N)=O)C(=O)NC(CC(C)C)C(=O)NC(CC(=O)O)C(=O)NC(C)C(=O)NC(CCC(=O)O)C(=O)NC(Cc3ccccc3)C(=O)NC(CCCNC(=N)N)C(=O)NC(CCCCNc3ccc([N+](=O)[O-])cc3[N+](=O)[O-])C(=O)NC(CCCNC(=N)N)C(=O)NC(CCCNC(=N)N)C(N)=O)C(C)C)cc(=O)oc2c1. The number of benzene rings is 3. The molecule has 3 aromatic carbocycles. The van der Waals surface area contributed by atoms with Crippen molar-refractivity contribution in [2.75, 3.05) is 45.2 Å². The van der Waals surface area contributed by atoms with Crippen molar-refractivity contribution >= 4 is 152 Å². The number of anilines is 1. The van der Waals surface area contributed by atoms with Crippen LogP contribution in [0.15, 0.2) is 82.0 Å². The minimum atomic E-state index is -2.14. The third-order valence-electron chi connectivity index (χ3n) is 21.2.